The number of Topliss-reactive ketones (excluding diaryl/α,β-unsaturated/α-hetero) is 2. The maximum Gasteiger partial charge on any atom is 0.339 e. The normalized spacial score (nSPS) is 18.9. The van der Waals surface area contributed by atoms with Gasteiger partial charge in [0.25, 0.3) is 0 Å². The first kappa shape index (κ1) is 25.1. The highest BCUT2D eigenvalue weighted by Gasteiger charge is 2.43. The van der Waals surface area contributed by atoms with Crippen LogP contribution in [0.25, 0.3) is 0 Å². The average molecular weight is 546 g/mol. The second kappa shape index (κ2) is 9.69. The van der Waals surface area contributed by atoms with Gasteiger partial charge in [-0.25, -0.2) is 0 Å². The number of ketones is 2. The fourth-order valence-electron chi connectivity index (χ4n) is 5.46. The van der Waals surface area contributed by atoms with Crippen LogP contribution in [0.1, 0.15) is 56.9 Å². The summed E-state index contributed by atoms with van der Waals surface area (Å²) in [6.07, 6.45) is 4.02. The highest BCUT2D eigenvalue weighted by atomic mass is 35.5. The molecule has 0 saturated heterocycles. The number of benzene rings is 2. The molecule has 0 N–H and O–H groups in total. The first-order valence-electron chi connectivity index (χ1n) is 12.0. The van der Waals surface area contributed by atoms with E-state index in [0.717, 1.165) is 37.1 Å². The number of allylic oxidation sites excluding steroid dienone is 4. The Balaban J connectivity index is 1.57. The van der Waals surface area contributed by atoms with Crippen molar-refractivity contribution in [2.24, 2.45) is 0 Å². The van der Waals surface area contributed by atoms with Crippen molar-refractivity contribution >= 4 is 44.9 Å². The third-order valence-electron chi connectivity index (χ3n) is 6.99. The summed E-state index contributed by atoms with van der Waals surface area (Å²) in [5.41, 5.74) is 3.99. The van der Waals surface area contributed by atoms with E-state index in [2.05, 4.69) is 4.90 Å². The maximum atomic E-state index is 13.2. The third kappa shape index (κ3) is 4.38. The molecule has 1 aliphatic heterocycles. The third-order valence-corrected chi connectivity index (χ3v) is 8.79. The van der Waals surface area contributed by atoms with Gasteiger partial charge in [-0.3, -0.25) is 9.59 Å². The van der Waals surface area contributed by atoms with Gasteiger partial charge >= 0.3 is 10.1 Å². The number of hydrogen-bond donors (Lipinski definition) is 0. The van der Waals surface area contributed by atoms with Gasteiger partial charge in [-0.15, -0.1) is 0 Å². The average Bonchev–Trinajstić information content (AvgIpc) is 2.84. The molecule has 2 aromatic carbocycles. The minimum Gasteiger partial charge on any atom is -0.377 e. The number of rotatable bonds is 5. The lowest BCUT2D eigenvalue weighted by Gasteiger charge is -2.43. The topological polar surface area (TPSA) is 80.8 Å². The lowest BCUT2D eigenvalue weighted by atomic mass is 9.71. The van der Waals surface area contributed by atoms with Crippen LogP contribution >= 0.6 is 23.2 Å². The van der Waals surface area contributed by atoms with Crippen molar-refractivity contribution in [3.05, 3.63) is 80.6 Å². The molecule has 9 heteroatoms. The molecule has 0 bridgehead atoms. The van der Waals surface area contributed by atoms with Crippen molar-refractivity contribution in [3.8, 4) is 5.75 Å². The van der Waals surface area contributed by atoms with Crippen molar-refractivity contribution in [1.29, 1.82) is 0 Å². The molecule has 0 spiro atoms. The Morgan fingerprint density at radius 3 is 2.00 bits per heavy atom. The monoisotopic (exact) mass is 545 g/mol. The predicted molar refractivity (Wildman–Crippen MR) is 138 cm³/mol. The molecule has 5 rings (SSSR count). The van der Waals surface area contributed by atoms with Crippen LogP contribution in [0.2, 0.25) is 10.0 Å². The second-order valence-electron chi connectivity index (χ2n) is 9.13. The number of hydrogen-bond acceptors (Lipinski definition) is 6. The van der Waals surface area contributed by atoms with Crippen molar-refractivity contribution < 1.29 is 22.2 Å². The summed E-state index contributed by atoms with van der Waals surface area (Å²) in [5, 5.41) is 0.487. The zero-order valence-electron chi connectivity index (χ0n) is 19.7. The molecule has 1 heterocycles. The van der Waals surface area contributed by atoms with Gasteiger partial charge in [0.1, 0.15) is 4.90 Å². The highest BCUT2D eigenvalue weighted by molar-refractivity contribution is 7.87. The Morgan fingerprint density at radius 2 is 1.47 bits per heavy atom. The van der Waals surface area contributed by atoms with Crippen LogP contribution in [0.5, 0.6) is 5.75 Å². The highest BCUT2D eigenvalue weighted by Crippen LogP contribution is 2.49. The molecular weight excluding hydrogens is 521 g/mol. The van der Waals surface area contributed by atoms with E-state index in [9.17, 15) is 18.0 Å². The molecule has 0 radical (unpaired) electrons. The smallest absolute Gasteiger partial charge is 0.339 e. The van der Waals surface area contributed by atoms with E-state index in [-0.39, 0.29) is 27.2 Å². The number of halogens is 2. The van der Waals surface area contributed by atoms with Gasteiger partial charge in [0, 0.05) is 52.9 Å². The molecule has 0 atom stereocenters. The minimum atomic E-state index is -4.13. The number of carbonyl (C=O) groups excluding carboxylic acids is 2. The summed E-state index contributed by atoms with van der Waals surface area (Å²) >= 11 is 12.4. The Morgan fingerprint density at radius 1 is 0.889 bits per heavy atom. The van der Waals surface area contributed by atoms with Crippen LogP contribution in [0.4, 0.5) is 0 Å². The molecule has 188 valence electrons. The largest absolute Gasteiger partial charge is 0.377 e. The molecule has 36 heavy (non-hydrogen) atoms. The Kier molecular flexibility index (Phi) is 6.74. The first-order chi connectivity index (χ1) is 17.2. The Hall–Kier alpha value is -2.61. The SMILES string of the molecule is CCN1C2=C(C(=O)CCC2)C(c2ccc(OS(=O)(=O)c3ccc(Cl)cc3)c(Cl)c2)C2=C1CCCC2=O. The van der Waals surface area contributed by atoms with Crippen LogP contribution in [-0.2, 0) is 19.7 Å². The van der Waals surface area contributed by atoms with E-state index in [1.165, 1.54) is 30.3 Å². The second-order valence-corrected chi connectivity index (χ2v) is 11.5. The van der Waals surface area contributed by atoms with Gasteiger partial charge in [0.2, 0.25) is 0 Å². The fraction of sp³-hybridized carbons (Fsp3) is 0.333. The number of carbonyl (C=O) groups is 2. The van der Waals surface area contributed by atoms with E-state index in [1.807, 2.05) is 6.92 Å². The van der Waals surface area contributed by atoms with Crippen LogP contribution < -0.4 is 4.18 Å². The quantitative estimate of drug-likeness (QED) is 0.416. The first-order valence-corrected chi connectivity index (χ1v) is 14.2. The summed E-state index contributed by atoms with van der Waals surface area (Å²) in [7, 11) is -4.13. The van der Waals surface area contributed by atoms with E-state index in [1.54, 1.807) is 12.1 Å². The molecule has 3 aliphatic rings. The standard InChI is InChI=1S/C27H25Cl2NO5S/c1-2-30-20-5-3-7-22(31)26(20)25(27-21(30)6-4-8-23(27)32)16-9-14-24(19(29)15-16)35-36(33,34)18-12-10-17(28)11-13-18/h9-15,25H,2-8H2,1H3. The van der Waals surface area contributed by atoms with Gasteiger partial charge in [-0.05, 0) is 74.6 Å². The van der Waals surface area contributed by atoms with E-state index >= 15 is 0 Å². The van der Waals surface area contributed by atoms with Crippen LogP contribution in [0.3, 0.4) is 0 Å². The minimum absolute atomic E-state index is 0.0327. The molecule has 6 nitrogen and oxygen atoms in total. The van der Waals surface area contributed by atoms with Crippen molar-refractivity contribution in [2.45, 2.75) is 56.3 Å². The molecule has 2 aliphatic carbocycles. The summed E-state index contributed by atoms with van der Waals surface area (Å²) in [5.74, 6) is -0.453. The molecule has 0 fully saturated rings. The predicted octanol–water partition coefficient (Wildman–Crippen LogP) is 6.19. The van der Waals surface area contributed by atoms with Crippen LogP contribution in [0, 0.1) is 0 Å². The van der Waals surface area contributed by atoms with Gasteiger partial charge < -0.3 is 9.08 Å². The van der Waals surface area contributed by atoms with Gasteiger partial charge in [-0.2, -0.15) is 8.42 Å². The van der Waals surface area contributed by atoms with Gasteiger partial charge in [0.15, 0.2) is 17.3 Å². The van der Waals surface area contributed by atoms with Crippen molar-refractivity contribution in [1.82, 2.24) is 4.90 Å². The molecular formula is C27H25Cl2NO5S. The summed E-state index contributed by atoms with van der Waals surface area (Å²) in [6, 6.07) is 10.4. The van der Waals surface area contributed by atoms with Gasteiger partial charge in [0.05, 0.1) is 5.02 Å². The van der Waals surface area contributed by atoms with Crippen LogP contribution in [0.15, 0.2) is 69.9 Å². The van der Waals surface area contributed by atoms with E-state index < -0.39 is 16.0 Å². The fourth-order valence-corrected chi connectivity index (χ4v) is 6.81. The van der Waals surface area contributed by atoms with E-state index in [4.69, 9.17) is 27.4 Å². The maximum absolute atomic E-state index is 13.2. The van der Waals surface area contributed by atoms with Crippen molar-refractivity contribution in [3.63, 3.8) is 0 Å². The molecule has 0 aromatic heterocycles. The van der Waals surface area contributed by atoms with E-state index in [0.29, 0.717) is 41.1 Å². The molecule has 0 amide bonds. The summed E-state index contributed by atoms with van der Waals surface area (Å²) < 4.78 is 30.8. The number of nitrogens with zero attached hydrogens (tertiary/aromatic N) is 1. The van der Waals surface area contributed by atoms with Crippen LogP contribution in [-0.4, -0.2) is 31.4 Å². The molecule has 0 unspecified atom stereocenters. The zero-order valence-corrected chi connectivity index (χ0v) is 22.0. The summed E-state index contributed by atoms with van der Waals surface area (Å²) in [4.78, 5) is 28.5. The Bertz CT molecular complexity index is 1380. The lowest BCUT2D eigenvalue weighted by molar-refractivity contribution is -0.117. The lowest BCUT2D eigenvalue weighted by Crippen LogP contribution is -2.39. The van der Waals surface area contributed by atoms with Gasteiger partial charge in [-0.1, -0.05) is 29.3 Å². The zero-order chi connectivity index (χ0) is 25.6. The molecule has 2 aromatic rings. The molecule has 0 saturated carbocycles. The Labute approximate surface area is 220 Å². The summed E-state index contributed by atoms with van der Waals surface area (Å²) in [6.45, 7) is 2.74. The van der Waals surface area contributed by atoms with Crippen molar-refractivity contribution in [2.75, 3.05) is 6.54 Å².